The summed E-state index contributed by atoms with van der Waals surface area (Å²) in [6, 6.07) is -0.142. The molecule has 0 bridgehead atoms. The van der Waals surface area contributed by atoms with Crippen molar-refractivity contribution in [3.63, 3.8) is 0 Å². The number of carbonyl (C=O) groups is 2. The fourth-order valence-corrected chi connectivity index (χ4v) is 1.96. The van der Waals surface area contributed by atoms with Gasteiger partial charge in [0.1, 0.15) is 5.54 Å². The summed E-state index contributed by atoms with van der Waals surface area (Å²) in [7, 11) is 0. The van der Waals surface area contributed by atoms with E-state index in [0.717, 1.165) is 19.3 Å². The molecule has 0 radical (unpaired) electrons. The molecule has 1 aliphatic rings. The van der Waals surface area contributed by atoms with Gasteiger partial charge in [0.25, 0.3) is 0 Å². The lowest BCUT2D eigenvalue weighted by Gasteiger charge is -2.32. The second-order valence-electron chi connectivity index (χ2n) is 5.36. The Morgan fingerprint density at radius 1 is 1.44 bits per heavy atom. The normalized spacial score (nSPS) is 30.1. The van der Waals surface area contributed by atoms with E-state index in [4.69, 9.17) is 11.5 Å². The number of amides is 2. The quantitative estimate of drug-likeness (QED) is 0.627. The molecule has 0 aromatic carbocycles. The van der Waals surface area contributed by atoms with Crippen LogP contribution in [0.25, 0.3) is 0 Å². The summed E-state index contributed by atoms with van der Waals surface area (Å²) in [6.45, 7) is 5.03. The van der Waals surface area contributed by atoms with Gasteiger partial charge in [-0.15, -0.1) is 0 Å². The van der Waals surface area contributed by atoms with Crippen molar-refractivity contribution in [2.24, 2.45) is 16.9 Å². The number of carbonyl (C=O) groups excluding carboxylic acids is 2. The summed E-state index contributed by atoms with van der Waals surface area (Å²) in [4.78, 5) is 23.2. The maximum absolute atomic E-state index is 12.1. The summed E-state index contributed by atoms with van der Waals surface area (Å²) in [5, 5.41) is 2.68. The third-order valence-corrected chi connectivity index (χ3v) is 3.59. The Kier molecular flexibility index (Phi) is 3.28. The van der Waals surface area contributed by atoms with Crippen LogP contribution in [0.4, 0.5) is 0 Å². The highest BCUT2D eigenvalue weighted by atomic mass is 16.2. The second kappa shape index (κ2) is 4.05. The van der Waals surface area contributed by atoms with Crippen molar-refractivity contribution in [2.45, 2.75) is 51.6 Å². The molecule has 1 aliphatic carbocycles. The van der Waals surface area contributed by atoms with Crippen molar-refractivity contribution in [3.8, 4) is 0 Å². The standard InChI is InChI=1S/C11H21N3O2/c1-10(2,8(13)15)14-9(16)11(3)6-4-5-7(11)12/h7H,4-6,12H2,1-3H3,(H2,13,15)(H,14,16). The van der Waals surface area contributed by atoms with E-state index in [-0.39, 0.29) is 11.9 Å². The molecule has 1 saturated carbocycles. The van der Waals surface area contributed by atoms with E-state index in [2.05, 4.69) is 5.32 Å². The summed E-state index contributed by atoms with van der Waals surface area (Å²) in [5.41, 5.74) is 9.54. The highest BCUT2D eigenvalue weighted by Crippen LogP contribution is 2.37. The molecule has 2 amide bonds. The predicted octanol–water partition coefficient (Wildman–Crippen LogP) is -0.116. The molecular weight excluding hydrogens is 206 g/mol. The van der Waals surface area contributed by atoms with E-state index in [1.165, 1.54) is 0 Å². The van der Waals surface area contributed by atoms with Gasteiger partial charge in [0.15, 0.2) is 0 Å². The van der Waals surface area contributed by atoms with Crippen LogP contribution < -0.4 is 16.8 Å². The van der Waals surface area contributed by atoms with Crippen LogP contribution in [0.5, 0.6) is 0 Å². The van der Waals surface area contributed by atoms with Crippen LogP contribution >= 0.6 is 0 Å². The molecule has 2 unspecified atom stereocenters. The first-order valence-electron chi connectivity index (χ1n) is 5.58. The molecule has 0 heterocycles. The van der Waals surface area contributed by atoms with Crippen LogP contribution in [-0.2, 0) is 9.59 Å². The molecule has 5 heteroatoms. The van der Waals surface area contributed by atoms with Gasteiger partial charge in [-0.05, 0) is 33.6 Å². The van der Waals surface area contributed by atoms with Gasteiger partial charge in [0.05, 0.1) is 5.41 Å². The smallest absolute Gasteiger partial charge is 0.242 e. The SMILES string of the molecule is CC(C)(NC(=O)C1(C)CCCC1N)C(N)=O. The number of rotatable bonds is 3. The van der Waals surface area contributed by atoms with E-state index < -0.39 is 16.9 Å². The van der Waals surface area contributed by atoms with Crippen molar-refractivity contribution in [1.29, 1.82) is 0 Å². The molecule has 92 valence electrons. The zero-order valence-electron chi connectivity index (χ0n) is 10.2. The molecule has 5 N–H and O–H groups in total. The highest BCUT2D eigenvalue weighted by molar-refractivity contribution is 5.92. The predicted molar refractivity (Wildman–Crippen MR) is 61.3 cm³/mol. The summed E-state index contributed by atoms with van der Waals surface area (Å²) in [6.07, 6.45) is 2.55. The van der Waals surface area contributed by atoms with E-state index in [1.807, 2.05) is 6.92 Å². The Morgan fingerprint density at radius 2 is 2.00 bits per heavy atom. The van der Waals surface area contributed by atoms with Gasteiger partial charge in [-0.3, -0.25) is 9.59 Å². The van der Waals surface area contributed by atoms with Crippen LogP contribution in [0.2, 0.25) is 0 Å². The lowest BCUT2D eigenvalue weighted by Crippen LogP contribution is -2.58. The zero-order chi connectivity index (χ0) is 12.6. The number of hydrogen-bond acceptors (Lipinski definition) is 3. The van der Waals surface area contributed by atoms with Crippen molar-refractivity contribution in [1.82, 2.24) is 5.32 Å². The lowest BCUT2D eigenvalue weighted by atomic mass is 9.83. The average molecular weight is 227 g/mol. The minimum Gasteiger partial charge on any atom is -0.368 e. The molecule has 0 aromatic heterocycles. The maximum atomic E-state index is 12.1. The van der Waals surface area contributed by atoms with Gasteiger partial charge < -0.3 is 16.8 Å². The topological polar surface area (TPSA) is 98.2 Å². The fourth-order valence-electron chi connectivity index (χ4n) is 1.96. The molecule has 2 atom stereocenters. The Morgan fingerprint density at radius 3 is 2.38 bits per heavy atom. The average Bonchev–Trinajstić information content (AvgIpc) is 2.47. The first kappa shape index (κ1) is 13.0. The van der Waals surface area contributed by atoms with E-state index in [9.17, 15) is 9.59 Å². The Hall–Kier alpha value is -1.10. The van der Waals surface area contributed by atoms with Gasteiger partial charge in [-0.2, -0.15) is 0 Å². The number of hydrogen-bond donors (Lipinski definition) is 3. The Bertz CT molecular complexity index is 314. The fraction of sp³-hybridized carbons (Fsp3) is 0.818. The Labute approximate surface area is 95.9 Å². The van der Waals surface area contributed by atoms with Crippen LogP contribution in [0.3, 0.4) is 0 Å². The molecular formula is C11H21N3O2. The molecule has 0 spiro atoms. The summed E-state index contributed by atoms with van der Waals surface area (Å²) >= 11 is 0. The summed E-state index contributed by atoms with van der Waals surface area (Å²) < 4.78 is 0. The number of nitrogens with two attached hydrogens (primary N) is 2. The van der Waals surface area contributed by atoms with Gasteiger partial charge >= 0.3 is 0 Å². The van der Waals surface area contributed by atoms with Crippen LogP contribution in [-0.4, -0.2) is 23.4 Å². The highest BCUT2D eigenvalue weighted by Gasteiger charge is 2.45. The van der Waals surface area contributed by atoms with Crippen LogP contribution in [0.1, 0.15) is 40.0 Å². The second-order valence-corrected chi connectivity index (χ2v) is 5.36. The molecule has 0 saturated heterocycles. The van der Waals surface area contributed by atoms with Gasteiger partial charge in [-0.25, -0.2) is 0 Å². The van der Waals surface area contributed by atoms with Crippen molar-refractivity contribution in [3.05, 3.63) is 0 Å². The molecule has 0 aliphatic heterocycles. The lowest BCUT2D eigenvalue weighted by molar-refractivity contribution is -0.136. The van der Waals surface area contributed by atoms with Crippen molar-refractivity contribution >= 4 is 11.8 Å². The number of primary amides is 1. The molecule has 16 heavy (non-hydrogen) atoms. The minimum atomic E-state index is -1.03. The summed E-state index contributed by atoms with van der Waals surface area (Å²) in [5.74, 6) is -0.725. The largest absolute Gasteiger partial charge is 0.368 e. The Balaban J connectivity index is 2.76. The van der Waals surface area contributed by atoms with Crippen molar-refractivity contribution in [2.75, 3.05) is 0 Å². The third-order valence-electron chi connectivity index (χ3n) is 3.59. The first-order valence-corrected chi connectivity index (χ1v) is 5.58. The van der Waals surface area contributed by atoms with Crippen molar-refractivity contribution < 1.29 is 9.59 Å². The van der Waals surface area contributed by atoms with Gasteiger partial charge in [-0.1, -0.05) is 6.42 Å². The van der Waals surface area contributed by atoms with E-state index in [0.29, 0.717) is 0 Å². The maximum Gasteiger partial charge on any atom is 0.242 e. The number of nitrogens with one attached hydrogen (secondary N) is 1. The monoisotopic (exact) mass is 227 g/mol. The zero-order valence-corrected chi connectivity index (χ0v) is 10.2. The molecule has 1 fully saturated rings. The van der Waals surface area contributed by atoms with Crippen LogP contribution in [0, 0.1) is 5.41 Å². The van der Waals surface area contributed by atoms with Crippen LogP contribution in [0.15, 0.2) is 0 Å². The van der Waals surface area contributed by atoms with E-state index in [1.54, 1.807) is 13.8 Å². The first-order chi connectivity index (χ1) is 7.20. The van der Waals surface area contributed by atoms with Gasteiger partial charge in [0, 0.05) is 6.04 Å². The molecule has 5 nitrogen and oxygen atoms in total. The van der Waals surface area contributed by atoms with E-state index >= 15 is 0 Å². The third kappa shape index (κ3) is 2.19. The molecule has 0 aromatic rings. The van der Waals surface area contributed by atoms with Gasteiger partial charge in [0.2, 0.25) is 11.8 Å². The molecule has 1 rings (SSSR count). The minimum absolute atomic E-state index is 0.142.